The van der Waals surface area contributed by atoms with Gasteiger partial charge in [-0.15, -0.1) is 0 Å². The predicted molar refractivity (Wildman–Crippen MR) is 77.8 cm³/mol. The van der Waals surface area contributed by atoms with E-state index in [1.165, 1.54) is 0 Å². The van der Waals surface area contributed by atoms with Crippen LogP contribution in [0, 0.1) is 0 Å². The maximum atomic E-state index is 11.7. The summed E-state index contributed by atoms with van der Waals surface area (Å²) >= 11 is 0. The topological polar surface area (TPSA) is 95.5 Å². The Hall–Kier alpha value is -2.63. The summed E-state index contributed by atoms with van der Waals surface area (Å²) in [5.74, 6) is -2.04. The highest BCUT2D eigenvalue weighted by Crippen LogP contribution is 1.98. The lowest BCUT2D eigenvalue weighted by molar-refractivity contribution is -0.141. The summed E-state index contributed by atoms with van der Waals surface area (Å²) < 4.78 is 0. The Morgan fingerprint density at radius 2 is 1.90 bits per heavy atom. The summed E-state index contributed by atoms with van der Waals surface area (Å²) in [5.41, 5.74) is 0.439. The number of carbonyl (C=O) groups is 3. The largest absolute Gasteiger partial charge is 0.480 e. The summed E-state index contributed by atoms with van der Waals surface area (Å²) in [7, 11) is 0. The van der Waals surface area contributed by atoms with Crippen LogP contribution in [0.5, 0.6) is 0 Å². The highest BCUT2D eigenvalue weighted by atomic mass is 16.4. The third kappa shape index (κ3) is 5.90. The van der Waals surface area contributed by atoms with E-state index >= 15 is 0 Å². The van der Waals surface area contributed by atoms with Gasteiger partial charge in [-0.05, 0) is 25.5 Å². The van der Waals surface area contributed by atoms with E-state index < -0.39 is 17.9 Å². The van der Waals surface area contributed by atoms with Crippen molar-refractivity contribution < 1.29 is 19.5 Å². The molecular weight excluding hydrogens is 272 g/mol. The van der Waals surface area contributed by atoms with Gasteiger partial charge >= 0.3 is 5.97 Å². The number of aliphatic carboxylic acids is 1. The molecule has 112 valence electrons. The Kier molecular flexibility index (Phi) is 6.67. The molecule has 0 bridgehead atoms. The second-order valence-electron chi connectivity index (χ2n) is 4.31. The molecule has 0 aromatic heterocycles. The van der Waals surface area contributed by atoms with Gasteiger partial charge in [-0.25, -0.2) is 4.79 Å². The minimum absolute atomic E-state index is 0.199. The molecule has 1 aromatic carbocycles. The van der Waals surface area contributed by atoms with Crippen molar-refractivity contribution in [1.82, 2.24) is 10.6 Å². The quantitative estimate of drug-likeness (QED) is 0.652. The maximum absolute atomic E-state index is 11.7. The molecule has 0 aliphatic heterocycles. The number of hydrogen-bond donors (Lipinski definition) is 3. The Labute approximate surface area is 122 Å². The normalized spacial score (nSPS) is 11.9. The number of carbonyl (C=O) groups excluding carboxylic acids is 2. The molecule has 0 saturated carbocycles. The molecule has 0 fully saturated rings. The van der Waals surface area contributed by atoms with Crippen LogP contribution in [-0.2, 0) is 9.59 Å². The number of hydrogen-bond acceptors (Lipinski definition) is 3. The van der Waals surface area contributed by atoms with Gasteiger partial charge in [-0.3, -0.25) is 9.59 Å². The Morgan fingerprint density at radius 3 is 2.48 bits per heavy atom. The zero-order chi connectivity index (χ0) is 15.7. The van der Waals surface area contributed by atoms with Crippen LogP contribution in [-0.4, -0.2) is 35.5 Å². The van der Waals surface area contributed by atoms with Crippen molar-refractivity contribution >= 4 is 17.8 Å². The average Bonchev–Trinajstić information content (AvgIpc) is 2.49. The SMILES string of the molecule is C/C=C/CC(NC(=O)CNC(=O)c1ccccc1)C(=O)O. The molecule has 0 spiro atoms. The first-order chi connectivity index (χ1) is 10.0. The lowest BCUT2D eigenvalue weighted by atomic mass is 10.2. The van der Waals surface area contributed by atoms with Gasteiger partial charge < -0.3 is 15.7 Å². The molecule has 3 N–H and O–H groups in total. The zero-order valence-electron chi connectivity index (χ0n) is 11.7. The lowest BCUT2D eigenvalue weighted by Crippen LogP contribution is -2.45. The minimum Gasteiger partial charge on any atom is -0.480 e. The fourth-order valence-electron chi connectivity index (χ4n) is 1.59. The molecule has 6 heteroatoms. The van der Waals surface area contributed by atoms with Crippen LogP contribution in [0.3, 0.4) is 0 Å². The van der Waals surface area contributed by atoms with E-state index in [-0.39, 0.29) is 18.9 Å². The first-order valence-corrected chi connectivity index (χ1v) is 6.51. The van der Waals surface area contributed by atoms with Crippen LogP contribution < -0.4 is 10.6 Å². The summed E-state index contributed by atoms with van der Waals surface area (Å²) in [6, 6.07) is 7.46. The van der Waals surface area contributed by atoms with E-state index in [0.29, 0.717) is 5.56 Å². The maximum Gasteiger partial charge on any atom is 0.326 e. The Morgan fingerprint density at radius 1 is 1.24 bits per heavy atom. The first kappa shape index (κ1) is 16.4. The Bertz CT molecular complexity index is 526. The molecular formula is C15H18N2O4. The van der Waals surface area contributed by atoms with Gasteiger partial charge in [0.05, 0.1) is 6.54 Å². The van der Waals surface area contributed by atoms with Crippen LogP contribution >= 0.6 is 0 Å². The second kappa shape index (κ2) is 8.52. The van der Waals surface area contributed by atoms with Crippen molar-refractivity contribution in [2.45, 2.75) is 19.4 Å². The van der Waals surface area contributed by atoms with Gasteiger partial charge in [-0.2, -0.15) is 0 Å². The first-order valence-electron chi connectivity index (χ1n) is 6.51. The van der Waals surface area contributed by atoms with Crippen molar-refractivity contribution in [3.8, 4) is 0 Å². The molecule has 1 atom stereocenters. The predicted octanol–water partition coefficient (Wildman–Crippen LogP) is 0.952. The molecule has 1 aromatic rings. The number of benzene rings is 1. The van der Waals surface area contributed by atoms with Gasteiger partial charge in [0, 0.05) is 5.56 Å². The van der Waals surface area contributed by atoms with Crippen molar-refractivity contribution in [3.05, 3.63) is 48.0 Å². The molecule has 0 saturated heterocycles. The third-order valence-corrected chi connectivity index (χ3v) is 2.69. The van der Waals surface area contributed by atoms with Crippen molar-refractivity contribution in [2.24, 2.45) is 0 Å². The smallest absolute Gasteiger partial charge is 0.326 e. The van der Waals surface area contributed by atoms with Crippen LogP contribution in [0.1, 0.15) is 23.7 Å². The summed E-state index contributed by atoms with van der Waals surface area (Å²) in [6.07, 6.45) is 3.56. The molecule has 0 aliphatic carbocycles. The number of rotatable bonds is 7. The standard InChI is InChI=1S/C15H18N2O4/c1-2-3-9-12(15(20)21)17-13(18)10-16-14(19)11-7-5-4-6-8-11/h2-8,12H,9-10H2,1H3,(H,16,19)(H,17,18)(H,20,21)/b3-2+. The minimum atomic E-state index is -1.11. The molecule has 0 heterocycles. The number of allylic oxidation sites excluding steroid dienone is 1. The zero-order valence-corrected chi connectivity index (χ0v) is 11.7. The van der Waals surface area contributed by atoms with Gasteiger partial charge in [0.2, 0.25) is 5.91 Å². The molecule has 0 radical (unpaired) electrons. The fraction of sp³-hybridized carbons (Fsp3) is 0.267. The third-order valence-electron chi connectivity index (χ3n) is 2.69. The van der Waals surface area contributed by atoms with Gasteiger partial charge in [0.15, 0.2) is 0 Å². The number of carboxylic acid groups (broad SMARTS) is 1. The molecule has 1 unspecified atom stereocenters. The number of nitrogens with one attached hydrogen (secondary N) is 2. The highest BCUT2D eigenvalue weighted by Gasteiger charge is 2.18. The number of amides is 2. The van der Waals surface area contributed by atoms with Crippen molar-refractivity contribution in [1.29, 1.82) is 0 Å². The van der Waals surface area contributed by atoms with E-state index in [4.69, 9.17) is 5.11 Å². The van der Waals surface area contributed by atoms with E-state index in [1.54, 1.807) is 49.4 Å². The van der Waals surface area contributed by atoms with E-state index in [0.717, 1.165) is 0 Å². The van der Waals surface area contributed by atoms with Crippen molar-refractivity contribution in [3.63, 3.8) is 0 Å². The van der Waals surface area contributed by atoms with Crippen LogP contribution in [0.4, 0.5) is 0 Å². The number of carboxylic acids is 1. The molecule has 21 heavy (non-hydrogen) atoms. The molecule has 0 aliphatic rings. The summed E-state index contributed by atoms with van der Waals surface area (Å²) in [5, 5.41) is 13.8. The van der Waals surface area contributed by atoms with E-state index in [9.17, 15) is 14.4 Å². The average molecular weight is 290 g/mol. The fourth-order valence-corrected chi connectivity index (χ4v) is 1.59. The second-order valence-corrected chi connectivity index (χ2v) is 4.31. The van der Waals surface area contributed by atoms with E-state index in [1.807, 2.05) is 0 Å². The van der Waals surface area contributed by atoms with Gasteiger partial charge in [-0.1, -0.05) is 30.4 Å². The molecule has 6 nitrogen and oxygen atoms in total. The lowest BCUT2D eigenvalue weighted by Gasteiger charge is -2.13. The Balaban J connectivity index is 2.46. The summed E-state index contributed by atoms with van der Waals surface area (Å²) in [6.45, 7) is 1.49. The monoisotopic (exact) mass is 290 g/mol. The van der Waals surface area contributed by atoms with Gasteiger partial charge in [0.25, 0.3) is 5.91 Å². The van der Waals surface area contributed by atoms with Crippen LogP contribution in [0.15, 0.2) is 42.5 Å². The van der Waals surface area contributed by atoms with Crippen LogP contribution in [0.2, 0.25) is 0 Å². The highest BCUT2D eigenvalue weighted by molar-refractivity contribution is 5.96. The van der Waals surface area contributed by atoms with Crippen molar-refractivity contribution in [2.75, 3.05) is 6.54 Å². The molecule has 1 rings (SSSR count). The summed E-state index contributed by atoms with van der Waals surface area (Å²) in [4.78, 5) is 34.3. The molecule has 2 amide bonds. The van der Waals surface area contributed by atoms with Crippen LogP contribution in [0.25, 0.3) is 0 Å². The van der Waals surface area contributed by atoms with Gasteiger partial charge in [0.1, 0.15) is 6.04 Å². The van der Waals surface area contributed by atoms with E-state index in [2.05, 4.69) is 10.6 Å².